The average molecular weight is 726 g/mol. The second-order valence-corrected chi connectivity index (χ2v) is 16.8. The van der Waals surface area contributed by atoms with Gasteiger partial charge in [-0.25, -0.2) is 15.0 Å². The molecule has 3 atom stereocenters. The third-order valence-electron chi connectivity index (χ3n) is 13.3. The van der Waals surface area contributed by atoms with E-state index in [1.807, 2.05) is 42.5 Å². The van der Waals surface area contributed by atoms with Crippen molar-refractivity contribution in [2.24, 2.45) is 17.3 Å². The van der Waals surface area contributed by atoms with E-state index in [4.69, 9.17) is 15.0 Å². The minimum Gasteiger partial charge on any atom is -0.309 e. The molecule has 6 aromatic carbocycles. The van der Waals surface area contributed by atoms with Crippen LogP contribution in [0.1, 0.15) is 57.6 Å². The van der Waals surface area contributed by atoms with E-state index >= 15 is 0 Å². The van der Waals surface area contributed by atoms with Crippen molar-refractivity contribution in [2.45, 2.75) is 51.9 Å². The summed E-state index contributed by atoms with van der Waals surface area (Å²) < 4.78 is 2.37. The van der Waals surface area contributed by atoms with Crippen molar-refractivity contribution in [2.75, 3.05) is 0 Å². The highest BCUT2D eigenvalue weighted by Crippen LogP contribution is 2.60. The molecule has 0 saturated heterocycles. The fourth-order valence-corrected chi connectivity index (χ4v) is 10.0. The molecule has 8 aromatic rings. The summed E-state index contributed by atoms with van der Waals surface area (Å²) >= 11 is 0. The van der Waals surface area contributed by atoms with Crippen LogP contribution >= 0.6 is 0 Å². The summed E-state index contributed by atoms with van der Waals surface area (Å²) in [6, 6.07) is 53.1. The quantitative estimate of drug-likeness (QED) is 0.171. The smallest absolute Gasteiger partial charge is 0.164 e. The summed E-state index contributed by atoms with van der Waals surface area (Å²) in [6.07, 6.45) is 5.34. The summed E-state index contributed by atoms with van der Waals surface area (Å²) in [5.41, 5.74) is 11.2. The second kappa shape index (κ2) is 13.1. The van der Waals surface area contributed by atoms with Crippen LogP contribution in [-0.2, 0) is 5.41 Å². The molecule has 0 aliphatic heterocycles. The fourth-order valence-electron chi connectivity index (χ4n) is 10.0. The number of hydrogen-bond acceptors (Lipinski definition) is 4. The average Bonchev–Trinajstić information content (AvgIpc) is 3.63. The summed E-state index contributed by atoms with van der Waals surface area (Å²) in [5.74, 6) is 3.39. The van der Waals surface area contributed by atoms with E-state index in [0.29, 0.717) is 28.5 Å². The number of aromatic nitrogens is 4. The van der Waals surface area contributed by atoms with Crippen molar-refractivity contribution < 1.29 is 0 Å². The SMILES string of the molecule is CC1(c2ccc(-c3cccc(-n4c5ccccc5c5c(-c6nc(-c7ccccc7)nc(-c7ccc(C#N)cc7)n6)cccc54)c3)cc2)C[C@H]2CC[C@@H](C1)C2(C)C. The molecular weight excluding hydrogens is 683 g/mol. The molecule has 56 heavy (non-hydrogen) atoms. The first kappa shape index (κ1) is 34.1. The molecule has 0 amide bonds. The van der Waals surface area contributed by atoms with Crippen LogP contribution in [-0.4, -0.2) is 19.5 Å². The zero-order valence-corrected chi connectivity index (χ0v) is 32.1. The Labute approximate surface area is 328 Å². The van der Waals surface area contributed by atoms with Crippen LogP contribution in [0.3, 0.4) is 0 Å². The van der Waals surface area contributed by atoms with E-state index in [9.17, 15) is 5.26 Å². The highest BCUT2D eigenvalue weighted by atomic mass is 15.0. The van der Waals surface area contributed by atoms with Gasteiger partial charge < -0.3 is 4.57 Å². The van der Waals surface area contributed by atoms with Crippen molar-refractivity contribution in [1.82, 2.24) is 19.5 Å². The number of hydrogen-bond donors (Lipinski definition) is 0. The van der Waals surface area contributed by atoms with Gasteiger partial charge in [0.25, 0.3) is 0 Å². The van der Waals surface area contributed by atoms with Gasteiger partial charge in [0.15, 0.2) is 17.5 Å². The summed E-state index contributed by atoms with van der Waals surface area (Å²) in [7, 11) is 0. The molecule has 5 heteroatoms. The number of nitriles is 1. The van der Waals surface area contributed by atoms with E-state index in [2.05, 4.69) is 122 Å². The molecule has 0 radical (unpaired) electrons. The van der Waals surface area contributed by atoms with Crippen LogP contribution in [0.15, 0.2) is 146 Å². The maximum absolute atomic E-state index is 9.43. The molecule has 5 nitrogen and oxygen atoms in total. The lowest BCUT2D eigenvalue weighted by molar-refractivity contribution is 0.0724. The largest absolute Gasteiger partial charge is 0.309 e. The zero-order chi connectivity index (χ0) is 38.0. The number of fused-ring (bicyclic) bond motifs is 5. The molecule has 2 aromatic heterocycles. The van der Waals surface area contributed by atoms with Crippen molar-refractivity contribution in [3.05, 3.63) is 157 Å². The maximum atomic E-state index is 9.43. The van der Waals surface area contributed by atoms with Crippen molar-refractivity contribution in [3.63, 3.8) is 0 Å². The van der Waals surface area contributed by atoms with E-state index in [1.54, 1.807) is 12.1 Å². The number of rotatable bonds is 6. The molecule has 2 bridgehead atoms. The molecule has 2 aliphatic rings. The van der Waals surface area contributed by atoms with Crippen molar-refractivity contribution >= 4 is 21.8 Å². The minimum absolute atomic E-state index is 0.242. The number of para-hydroxylation sites is 1. The van der Waals surface area contributed by atoms with Gasteiger partial charge >= 0.3 is 0 Å². The third-order valence-corrected chi connectivity index (χ3v) is 13.3. The summed E-state index contributed by atoms with van der Waals surface area (Å²) in [6.45, 7) is 7.52. The molecule has 0 spiro atoms. The first-order valence-electron chi connectivity index (χ1n) is 19.8. The maximum Gasteiger partial charge on any atom is 0.164 e. The number of nitrogens with zero attached hydrogens (tertiary/aromatic N) is 5. The Morgan fingerprint density at radius 2 is 1.16 bits per heavy atom. The zero-order valence-electron chi connectivity index (χ0n) is 32.1. The third kappa shape index (κ3) is 5.63. The minimum atomic E-state index is 0.242. The van der Waals surface area contributed by atoms with Crippen LogP contribution in [0, 0.1) is 28.6 Å². The molecule has 2 aliphatic carbocycles. The lowest BCUT2D eigenvalue weighted by atomic mass is 9.57. The standard InChI is InChI=1S/C51H43N5/c1-50(2)39-27-28-40(50)31-51(3,30-39)38-25-23-34(24-26-38)37-13-9-14-41(29-37)56-44-17-8-7-15-42(44)46-43(16-10-18-45(46)56)49-54-47(35-11-5-4-6-12-35)53-48(55-49)36-21-19-33(32-52)20-22-36/h4-26,29,39-40H,27-28,30-31H2,1-3H3/t39-,40+,51?. The molecule has 10 rings (SSSR count). The van der Waals surface area contributed by atoms with Crippen LogP contribution < -0.4 is 0 Å². The highest BCUT2D eigenvalue weighted by Gasteiger charge is 2.52. The Bertz CT molecular complexity index is 2790. The van der Waals surface area contributed by atoms with Crippen molar-refractivity contribution in [3.8, 4) is 57.0 Å². The Morgan fingerprint density at radius 1 is 0.571 bits per heavy atom. The Hall–Kier alpha value is -6.38. The van der Waals surface area contributed by atoms with Crippen molar-refractivity contribution in [1.29, 1.82) is 5.26 Å². The normalized spacial score (nSPS) is 20.0. The van der Waals surface area contributed by atoms with Gasteiger partial charge in [0.05, 0.1) is 22.7 Å². The summed E-state index contributed by atoms with van der Waals surface area (Å²) in [4.78, 5) is 15.1. The van der Waals surface area contributed by atoms with Gasteiger partial charge in [-0.15, -0.1) is 0 Å². The van der Waals surface area contributed by atoms with E-state index in [1.165, 1.54) is 42.4 Å². The number of benzene rings is 6. The molecule has 272 valence electrons. The Kier molecular flexibility index (Phi) is 8.01. The molecule has 0 N–H and O–H groups in total. The van der Waals surface area contributed by atoms with Crippen LogP contribution in [0.4, 0.5) is 0 Å². The second-order valence-electron chi connectivity index (χ2n) is 16.8. The van der Waals surface area contributed by atoms with Crippen LogP contribution in [0.2, 0.25) is 0 Å². The van der Waals surface area contributed by atoms with Crippen LogP contribution in [0.5, 0.6) is 0 Å². The fraction of sp³-hybridized carbons (Fsp3) is 0.216. The summed E-state index contributed by atoms with van der Waals surface area (Å²) in [5, 5.41) is 11.7. The topological polar surface area (TPSA) is 67.4 Å². The predicted molar refractivity (Wildman–Crippen MR) is 227 cm³/mol. The molecular formula is C51H43N5. The van der Waals surface area contributed by atoms with Crippen LogP contribution in [0.25, 0.3) is 72.8 Å². The van der Waals surface area contributed by atoms with Gasteiger partial charge in [-0.1, -0.05) is 118 Å². The predicted octanol–water partition coefficient (Wildman–Crippen LogP) is 12.6. The van der Waals surface area contributed by atoms with E-state index < -0.39 is 0 Å². The van der Waals surface area contributed by atoms with Gasteiger partial charge in [0.2, 0.25) is 0 Å². The molecule has 2 fully saturated rings. The van der Waals surface area contributed by atoms with Gasteiger partial charge in [-0.3, -0.25) is 0 Å². The first-order chi connectivity index (χ1) is 27.3. The molecule has 2 heterocycles. The Morgan fingerprint density at radius 3 is 1.88 bits per heavy atom. The Balaban J connectivity index is 1.07. The highest BCUT2D eigenvalue weighted by molar-refractivity contribution is 6.15. The van der Waals surface area contributed by atoms with E-state index in [-0.39, 0.29) is 5.41 Å². The van der Waals surface area contributed by atoms with E-state index in [0.717, 1.165) is 56.0 Å². The molecule has 2 saturated carbocycles. The van der Waals surface area contributed by atoms with Gasteiger partial charge in [-0.05, 0) is 114 Å². The monoisotopic (exact) mass is 725 g/mol. The molecule has 1 unspecified atom stereocenters. The first-order valence-corrected chi connectivity index (χ1v) is 19.8. The van der Waals surface area contributed by atoms with Gasteiger partial charge in [0, 0.05) is 33.2 Å². The lowest BCUT2D eigenvalue weighted by Crippen LogP contribution is -2.40. The van der Waals surface area contributed by atoms with Gasteiger partial charge in [-0.2, -0.15) is 5.26 Å². The van der Waals surface area contributed by atoms with Gasteiger partial charge in [0.1, 0.15) is 0 Å². The lowest BCUT2D eigenvalue weighted by Gasteiger charge is -2.47.